The molecule has 15 heavy (non-hydrogen) atoms. The van der Waals surface area contributed by atoms with Crippen LogP contribution in [0.15, 0.2) is 43.0 Å². The van der Waals surface area contributed by atoms with Crippen molar-refractivity contribution in [2.24, 2.45) is 0 Å². The molecule has 0 aromatic carbocycles. The molecule has 0 unspecified atom stereocenters. The van der Waals surface area contributed by atoms with Gasteiger partial charge in [-0.05, 0) is 17.7 Å². The zero-order chi connectivity index (χ0) is 10.5. The lowest BCUT2D eigenvalue weighted by Crippen LogP contribution is -2.00. The van der Waals surface area contributed by atoms with E-state index in [1.807, 2.05) is 12.1 Å². The highest BCUT2D eigenvalue weighted by molar-refractivity contribution is 5.40. The van der Waals surface area contributed by atoms with Gasteiger partial charge in [0.25, 0.3) is 0 Å². The van der Waals surface area contributed by atoms with Crippen molar-refractivity contribution >= 4 is 5.69 Å². The van der Waals surface area contributed by atoms with Crippen molar-refractivity contribution in [3.8, 4) is 0 Å². The second-order valence-electron chi connectivity index (χ2n) is 3.10. The van der Waals surface area contributed by atoms with E-state index in [2.05, 4.69) is 15.3 Å². The fourth-order valence-corrected chi connectivity index (χ4v) is 1.21. The van der Waals surface area contributed by atoms with Crippen LogP contribution in [-0.4, -0.2) is 9.97 Å². The average Bonchev–Trinajstić information content (AvgIpc) is 2.28. The Balaban J connectivity index is 1.99. The van der Waals surface area contributed by atoms with Gasteiger partial charge in [0, 0.05) is 25.0 Å². The first-order valence-electron chi connectivity index (χ1n) is 4.58. The number of pyridine rings is 2. The lowest BCUT2D eigenvalue weighted by atomic mass is 10.2. The lowest BCUT2D eigenvalue weighted by Gasteiger charge is -2.05. The van der Waals surface area contributed by atoms with Crippen molar-refractivity contribution in [2.75, 3.05) is 5.32 Å². The number of nitrogens with one attached hydrogen (secondary N) is 1. The van der Waals surface area contributed by atoms with Gasteiger partial charge in [-0.1, -0.05) is 0 Å². The molecule has 0 atom stereocenters. The zero-order valence-corrected chi connectivity index (χ0v) is 8.02. The molecule has 0 saturated carbocycles. The van der Waals surface area contributed by atoms with E-state index in [4.69, 9.17) is 0 Å². The maximum absolute atomic E-state index is 12.8. The molecule has 0 amide bonds. The van der Waals surface area contributed by atoms with Crippen molar-refractivity contribution in [3.63, 3.8) is 0 Å². The third-order valence-corrected chi connectivity index (χ3v) is 1.95. The Morgan fingerprint density at radius 3 is 2.67 bits per heavy atom. The van der Waals surface area contributed by atoms with E-state index in [1.165, 1.54) is 12.3 Å². The Labute approximate surface area is 87.0 Å². The van der Waals surface area contributed by atoms with E-state index in [-0.39, 0.29) is 5.82 Å². The first-order valence-corrected chi connectivity index (χ1v) is 4.58. The fourth-order valence-electron chi connectivity index (χ4n) is 1.21. The molecule has 0 saturated heterocycles. The summed E-state index contributed by atoms with van der Waals surface area (Å²) >= 11 is 0. The number of aromatic nitrogens is 2. The van der Waals surface area contributed by atoms with Crippen LogP contribution in [0.2, 0.25) is 0 Å². The summed E-state index contributed by atoms with van der Waals surface area (Å²) in [6.45, 7) is 0.633. The second kappa shape index (κ2) is 4.50. The Morgan fingerprint density at radius 2 is 1.93 bits per heavy atom. The first kappa shape index (κ1) is 9.58. The van der Waals surface area contributed by atoms with Crippen LogP contribution in [0.5, 0.6) is 0 Å². The number of hydrogen-bond acceptors (Lipinski definition) is 3. The van der Waals surface area contributed by atoms with Gasteiger partial charge in [0.1, 0.15) is 5.82 Å². The molecule has 0 bridgehead atoms. The van der Waals surface area contributed by atoms with Gasteiger partial charge in [0.15, 0.2) is 0 Å². The molecular formula is C11H10FN3. The van der Waals surface area contributed by atoms with Gasteiger partial charge in [-0.25, -0.2) is 4.39 Å². The number of rotatable bonds is 3. The minimum absolute atomic E-state index is 0.338. The van der Waals surface area contributed by atoms with Crippen LogP contribution in [0.4, 0.5) is 10.1 Å². The van der Waals surface area contributed by atoms with E-state index in [9.17, 15) is 4.39 Å². The maximum Gasteiger partial charge on any atom is 0.143 e. The standard InChI is InChI=1S/C11H10FN3/c12-10-5-11(8-14-7-10)15-6-9-1-3-13-4-2-9/h1-5,7-8,15H,6H2. The van der Waals surface area contributed by atoms with Gasteiger partial charge >= 0.3 is 0 Å². The van der Waals surface area contributed by atoms with Gasteiger partial charge in [-0.15, -0.1) is 0 Å². The SMILES string of the molecule is Fc1cncc(NCc2ccncc2)c1. The Kier molecular flexibility index (Phi) is 2.88. The molecule has 2 rings (SSSR count). The molecule has 3 nitrogen and oxygen atoms in total. The first-order chi connectivity index (χ1) is 7.34. The minimum atomic E-state index is -0.338. The molecule has 1 N–H and O–H groups in total. The highest BCUT2D eigenvalue weighted by atomic mass is 19.1. The number of halogens is 1. The largest absolute Gasteiger partial charge is 0.380 e. The third kappa shape index (κ3) is 2.74. The highest BCUT2D eigenvalue weighted by Crippen LogP contribution is 2.08. The Bertz CT molecular complexity index is 431. The predicted octanol–water partition coefficient (Wildman–Crippen LogP) is 2.23. The third-order valence-electron chi connectivity index (χ3n) is 1.95. The van der Waals surface area contributed by atoms with Crippen LogP contribution in [0, 0.1) is 5.82 Å². The quantitative estimate of drug-likeness (QED) is 0.831. The van der Waals surface area contributed by atoms with Crippen LogP contribution >= 0.6 is 0 Å². The van der Waals surface area contributed by atoms with E-state index in [0.29, 0.717) is 12.2 Å². The topological polar surface area (TPSA) is 37.8 Å². The molecular weight excluding hydrogens is 193 g/mol. The van der Waals surface area contributed by atoms with E-state index in [0.717, 1.165) is 5.56 Å². The number of anilines is 1. The van der Waals surface area contributed by atoms with Crippen LogP contribution < -0.4 is 5.32 Å². The minimum Gasteiger partial charge on any atom is -0.380 e. The van der Waals surface area contributed by atoms with Gasteiger partial charge in [-0.3, -0.25) is 9.97 Å². The molecule has 0 fully saturated rings. The van der Waals surface area contributed by atoms with Gasteiger partial charge in [-0.2, -0.15) is 0 Å². The summed E-state index contributed by atoms with van der Waals surface area (Å²) in [5.74, 6) is -0.338. The summed E-state index contributed by atoms with van der Waals surface area (Å²) in [6.07, 6.45) is 6.21. The molecule has 76 valence electrons. The van der Waals surface area contributed by atoms with Crippen molar-refractivity contribution in [1.29, 1.82) is 0 Å². The van der Waals surface area contributed by atoms with Gasteiger partial charge in [0.05, 0.1) is 18.1 Å². The van der Waals surface area contributed by atoms with Crippen molar-refractivity contribution in [1.82, 2.24) is 9.97 Å². The summed E-state index contributed by atoms with van der Waals surface area (Å²) in [5.41, 5.74) is 1.76. The van der Waals surface area contributed by atoms with Crippen LogP contribution in [0.25, 0.3) is 0 Å². The fraction of sp³-hybridized carbons (Fsp3) is 0.0909. The highest BCUT2D eigenvalue weighted by Gasteiger charge is 1.95. The van der Waals surface area contributed by atoms with E-state index >= 15 is 0 Å². The van der Waals surface area contributed by atoms with Crippen molar-refractivity contribution in [2.45, 2.75) is 6.54 Å². The van der Waals surface area contributed by atoms with Crippen LogP contribution in [0.1, 0.15) is 5.56 Å². The van der Waals surface area contributed by atoms with Crippen molar-refractivity contribution in [3.05, 3.63) is 54.4 Å². The number of hydrogen-bond donors (Lipinski definition) is 1. The molecule has 2 heterocycles. The summed E-state index contributed by atoms with van der Waals surface area (Å²) < 4.78 is 12.8. The molecule has 0 aliphatic carbocycles. The average molecular weight is 203 g/mol. The Morgan fingerprint density at radius 1 is 1.13 bits per heavy atom. The summed E-state index contributed by atoms with van der Waals surface area (Å²) in [6, 6.07) is 5.22. The summed E-state index contributed by atoms with van der Waals surface area (Å²) in [7, 11) is 0. The predicted molar refractivity (Wildman–Crippen MR) is 55.8 cm³/mol. The van der Waals surface area contributed by atoms with Crippen LogP contribution in [0.3, 0.4) is 0 Å². The smallest absolute Gasteiger partial charge is 0.143 e. The maximum atomic E-state index is 12.8. The Hall–Kier alpha value is -1.97. The van der Waals surface area contributed by atoms with E-state index < -0.39 is 0 Å². The van der Waals surface area contributed by atoms with Crippen LogP contribution in [-0.2, 0) is 6.54 Å². The van der Waals surface area contributed by atoms with Crippen molar-refractivity contribution < 1.29 is 4.39 Å². The summed E-state index contributed by atoms with van der Waals surface area (Å²) in [4.78, 5) is 7.66. The molecule has 0 aliphatic heterocycles. The molecule has 0 radical (unpaired) electrons. The second-order valence-corrected chi connectivity index (χ2v) is 3.10. The van der Waals surface area contributed by atoms with E-state index in [1.54, 1.807) is 18.6 Å². The van der Waals surface area contributed by atoms with Gasteiger partial charge in [0.2, 0.25) is 0 Å². The molecule has 2 aromatic rings. The van der Waals surface area contributed by atoms with Gasteiger partial charge < -0.3 is 5.32 Å². The monoisotopic (exact) mass is 203 g/mol. The zero-order valence-electron chi connectivity index (χ0n) is 8.02. The molecule has 4 heteroatoms. The normalized spacial score (nSPS) is 9.93. The summed E-state index contributed by atoms with van der Waals surface area (Å²) in [5, 5.41) is 3.07. The number of nitrogens with zero attached hydrogens (tertiary/aromatic N) is 2. The molecule has 0 spiro atoms. The lowest BCUT2D eigenvalue weighted by molar-refractivity contribution is 0.622. The molecule has 0 aliphatic rings. The molecule has 2 aromatic heterocycles.